The van der Waals surface area contributed by atoms with Gasteiger partial charge in [-0.05, 0) is 32.9 Å². The van der Waals surface area contributed by atoms with Crippen LogP contribution >= 0.6 is 11.6 Å². The molecular weight excluding hydrogens is 512 g/mol. The van der Waals surface area contributed by atoms with E-state index in [0.717, 1.165) is 0 Å². The van der Waals surface area contributed by atoms with Crippen LogP contribution < -0.4 is 14.2 Å². The average Bonchev–Trinajstić information content (AvgIpc) is 3.22. The molecule has 2 aromatic heterocycles. The number of nitrogens with one attached hydrogen (secondary N) is 1. The van der Waals surface area contributed by atoms with E-state index in [9.17, 15) is 8.42 Å². The summed E-state index contributed by atoms with van der Waals surface area (Å²) in [6, 6.07) is 5.16. The summed E-state index contributed by atoms with van der Waals surface area (Å²) in [6.45, 7) is 5.12. The van der Waals surface area contributed by atoms with Crippen molar-refractivity contribution in [3.63, 3.8) is 0 Å². The predicted octanol–water partition coefficient (Wildman–Crippen LogP) is 3.17. The lowest BCUT2D eigenvalue weighted by atomic mass is 10.2. The summed E-state index contributed by atoms with van der Waals surface area (Å²) in [7, 11) is 0.350. The van der Waals surface area contributed by atoms with E-state index in [2.05, 4.69) is 24.9 Å². The fourth-order valence-corrected chi connectivity index (χ4v) is 4.60. The summed E-state index contributed by atoms with van der Waals surface area (Å²) in [5.41, 5.74) is 0.404. The highest BCUT2D eigenvalue weighted by molar-refractivity contribution is 7.93. The number of para-hydroxylation sites is 1. The molecule has 0 aliphatic rings. The highest BCUT2D eigenvalue weighted by Gasteiger charge is 2.36. The van der Waals surface area contributed by atoms with Crippen molar-refractivity contribution in [3.05, 3.63) is 47.3 Å². The minimum Gasteiger partial charge on any atom is -0.494 e. The maximum Gasteiger partial charge on any atom is 0.243 e. The van der Waals surface area contributed by atoms with Gasteiger partial charge in [0.1, 0.15) is 35.1 Å². The molecule has 0 bridgehead atoms. The molecule has 0 aliphatic carbocycles. The number of hydrogen-bond donors (Lipinski definition) is 1. The lowest BCUT2D eigenvalue weighted by Gasteiger charge is -2.25. The van der Waals surface area contributed by atoms with Crippen LogP contribution in [-0.2, 0) is 26.1 Å². The molecule has 1 aromatic carbocycles. The average molecular weight is 541 g/mol. The van der Waals surface area contributed by atoms with Gasteiger partial charge >= 0.3 is 0 Å². The van der Waals surface area contributed by atoms with Gasteiger partial charge in [-0.15, -0.1) is 10.2 Å². The Balaban J connectivity index is 2.07. The van der Waals surface area contributed by atoms with Crippen LogP contribution in [0.5, 0.6) is 11.5 Å². The largest absolute Gasteiger partial charge is 0.494 e. The van der Waals surface area contributed by atoms with Gasteiger partial charge in [-0.25, -0.2) is 18.4 Å². The highest BCUT2D eigenvalue weighted by atomic mass is 35.5. The lowest BCUT2D eigenvalue weighted by molar-refractivity contribution is 0.00154. The lowest BCUT2D eigenvalue weighted by Crippen LogP contribution is -2.35. The van der Waals surface area contributed by atoms with E-state index in [4.69, 9.17) is 30.5 Å². The number of hydrogen-bond acceptors (Lipinski definition) is 10. The molecule has 14 heteroatoms. The van der Waals surface area contributed by atoms with E-state index in [1.54, 1.807) is 32.0 Å². The normalized spacial score (nSPS) is 13.4. The molecule has 0 saturated heterocycles. The Morgan fingerprint density at radius 3 is 2.17 bits per heavy atom. The van der Waals surface area contributed by atoms with Crippen molar-refractivity contribution >= 4 is 27.6 Å². The zero-order chi connectivity index (χ0) is 26.5. The Labute approximate surface area is 215 Å². The zero-order valence-corrected chi connectivity index (χ0v) is 22.4. The van der Waals surface area contributed by atoms with Crippen LogP contribution in [-0.4, -0.2) is 65.8 Å². The molecule has 0 saturated carbocycles. The van der Waals surface area contributed by atoms with Crippen LogP contribution in [0.25, 0.3) is 5.69 Å². The summed E-state index contributed by atoms with van der Waals surface area (Å²) in [6.07, 6.45) is 1.47. The van der Waals surface area contributed by atoms with Gasteiger partial charge in [-0.1, -0.05) is 17.7 Å². The van der Waals surface area contributed by atoms with Crippen LogP contribution in [0.4, 0.5) is 5.95 Å². The minimum absolute atomic E-state index is 0.0448. The van der Waals surface area contributed by atoms with Gasteiger partial charge in [0.05, 0.1) is 25.3 Å². The third kappa shape index (κ3) is 6.03. The standard InChI is InChI=1S/C22H29ClN6O6S/c1-13(2)35-20(21-24-10-15(23)11-25-21)14(3)36(30,31)28-22-27-26-18(12-32-4)29(22)19-16(33-5)8-7-9-17(19)34-6/h7-11,13-14,20H,12H2,1-6H3,(H,27,28). The van der Waals surface area contributed by atoms with Crippen LogP contribution in [0.15, 0.2) is 30.6 Å². The molecule has 2 atom stereocenters. The smallest absolute Gasteiger partial charge is 0.243 e. The quantitative estimate of drug-likeness (QED) is 0.364. The summed E-state index contributed by atoms with van der Waals surface area (Å²) >= 11 is 5.91. The highest BCUT2D eigenvalue weighted by Crippen LogP contribution is 2.36. The molecular formula is C22H29ClN6O6S. The molecule has 36 heavy (non-hydrogen) atoms. The summed E-state index contributed by atoms with van der Waals surface area (Å²) in [5.74, 6) is 1.24. The van der Waals surface area contributed by atoms with E-state index in [1.807, 2.05) is 0 Å². The summed E-state index contributed by atoms with van der Waals surface area (Å²) < 4.78 is 53.3. The van der Waals surface area contributed by atoms with E-state index >= 15 is 0 Å². The van der Waals surface area contributed by atoms with Gasteiger partial charge in [0.25, 0.3) is 0 Å². The van der Waals surface area contributed by atoms with Gasteiger partial charge in [-0.3, -0.25) is 9.29 Å². The Kier molecular flexibility index (Phi) is 9.06. The first-order chi connectivity index (χ1) is 17.1. The van der Waals surface area contributed by atoms with Crippen LogP contribution in [0.2, 0.25) is 5.02 Å². The maximum absolute atomic E-state index is 13.6. The number of nitrogens with zero attached hydrogens (tertiary/aromatic N) is 5. The van der Waals surface area contributed by atoms with Gasteiger partial charge in [0.2, 0.25) is 16.0 Å². The van der Waals surface area contributed by atoms with Crippen molar-refractivity contribution in [2.24, 2.45) is 0 Å². The zero-order valence-electron chi connectivity index (χ0n) is 20.8. The number of anilines is 1. The molecule has 0 fully saturated rings. The number of benzene rings is 1. The second-order valence-electron chi connectivity index (χ2n) is 7.94. The Morgan fingerprint density at radius 2 is 1.64 bits per heavy atom. The van der Waals surface area contributed by atoms with E-state index in [-0.39, 0.29) is 24.5 Å². The number of ether oxygens (including phenoxy) is 4. The molecule has 3 aromatic rings. The first kappa shape index (κ1) is 27.6. The van der Waals surface area contributed by atoms with Gasteiger partial charge in [0, 0.05) is 19.5 Å². The topological polar surface area (TPSA) is 140 Å². The van der Waals surface area contributed by atoms with Crippen molar-refractivity contribution in [3.8, 4) is 17.2 Å². The molecule has 0 aliphatic heterocycles. The second-order valence-corrected chi connectivity index (χ2v) is 10.4. The van der Waals surface area contributed by atoms with Gasteiger partial charge in [-0.2, -0.15) is 0 Å². The number of sulfonamides is 1. The first-order valence-corrected chi connectivity index (χ1v) is 12.8. The number of methoxy groups -OCH3 is 3. The van der Waals surface area contributed by atoms with Crippen LogP contribution in [0, 0.1) is 0 Å². The van der Waals surface area contributed by atoms with E-state index in [1.165, 1.54) is 45.2 Å². The van der Waals surface area contributed by atoms with Crippen molar-refractivity contribution in [2.75, 3.05) is 26.1 Å². The first-order valence-electron chi connectivity index (χ1n) is 10.9. The molecule has 0 radical (unpaired) electrons. The maximum atomic E-state index is 13.6. The van der Waals surface area contributed by atoms with Crippen molar-refractivity contribution in [2.45, 2.75) is 44.8 Å². The Morgan fingerprint density at radius 1 is 1.03 bits per heavy atom. The van der Waals surface area contributed by atoms with Crippen molar-refractivity contribution in [1.29, 1.82) is 0 Å². The predicted molar refractivity (Wildman–Crippen MR) is 133 cm³/mol. The summed E-state index contributed by atoms with van der Waals surface area (Å²) in [5, 5.41) is 7.38. The third-order valence-corrected chi connectivity index (χ3v) is 6.98. The van der Waals surface area contributed by atoms with E-state index < -0.39 is 21.4 Å². The second kappa shape index (κ2) is 11.8. The van der Waals surface area contributed by atoms with E-state index in [0.29, 0.717) is 28.0 Å². The Bertz CT molecular complexity index is 1250. The van der Waals surface area contributed by atoms with Crippen molar-refractivity contribution in [1.82, 2.24) is 24.7 Å². The molecule has 3 rings (SSSR count). The molecule has 12 nitrogen and oxygen atoms in total. The summed E-state index contributed by atoms with van der Waals surface area (Å²) in [4.78, 5) is 8.34. The third-order valence-electron chi connectivity index (χ3n) is 5.09. The fourth-order valence-electron chi connectivity index (χ4n) is 3.42. The number of rotatable bonds is 12. The Hall–Kier alpha value is -3.00. The fraction of sp³-hybridized carbons (Fsp3) is 0.455. The minimum atomic E-state index is -4.12. The molecule has 0 amide bonds. The molecule has 1 N–H and O–H groups in total. The van der Waals surface area contributed by atoms with Crippen LogP contribution in [0.3, 0.4) is 0 Å². The number of halogens is 1. The molecule has 0 spiro atoms. The van der Waals surface area contributed by atoms with Gasteiger partial charge in [0.15, 0.2) is 11.6 Å². The molecule has 2 unspecified atom stereocenters. The van der Waals surface area contributed by atoms with Gasteiger partial charge < -0.3 is 18.9 Å². The molecule has 2 heterocycles. The monoisotopic (exact) mass is 540 g/mol. The number of aromatic nitrogens is 5. The molecule has 196 valence electrons. The van der Waals surface area contributed by atoms with Crippen molar-refractivity contribution < 1.29 is 27.4 Å². The SMILES string of the molecule is COCc1nnc(NS(=O)(=O)C(C)C(OC(C)C)c2ncc(Cl)cn2)n1-c1c(OC)cccc1OC. The van der Waals surface area contributed by atoms with Crippen LogP contribution in [0.1, 0.15) is 38.5 Å².